The highest BCUT2D eigenvalue weighted by Crippen LogP contribution is 2.20. The fourth-order valence-corrected chi connectivity index (χ4v) is 6.02. The SMILES string of the molecule is CCCC(C=O)N(C)Cc1c(C=O)cccc1COCCCCNC1CCCCC1.CN1CCN(c2ccc(N)cc2)CC1.CNC=O.NC=O.NC=O. The third-order valence-electron chi connectivity index (χ3n) is 9.04. The lowest BCUT2D eigenvalue weighted by Gasteiger charge is -2.34. The molecule has 3 amide bonds. The molecule has 54 heavy (non-hydrogen) atoms. The smallest absolute Gasteiger partial charge is 0.206 e. The highest BCUT2D eigenvalue weighted by Gasteiger charge is 2.17. The number of unbranched alkanes of at least 4 members (excludes halogenated alkanes) is 1. The highest BCUT2D eigenvalue weighted by atomic mass is 16.5. The molecule has 14 heteroatoms. The van der Waals surface area contributed by atoms with Crippen LogP contribution in [0.5, 0.6) is 0 Å². The van der Waals surface area contributed by atoms with Crippen LogP contribution in [0, 0.1) is 0 Å². The van der Waals surface area contributed by atoms with E-state index in [-0.39, 0.29) is 18.9 Å². The molecule has 0 radical (unpaired) electrons. The van der Waals surface area contributed by atoms with E-state index >= 15 is 0 Å². The molecule has 4 rings (SSSR count). The summed E-state index contributed by atoms with van der Waals surface area (Å²) in [6.45, 7) is 9.45. The van der Waals surface area contributed by atoms with E-state index in [2.05, 4.69) is 58.0 Å². The molecule has 2 aromatic rings. The van der Waals surface area contributed by atoms with E-state index in [1.165, 1.54) is 37.8 Å². The molecule has 2 fully saturated rings. The summed E-state index contributed by atoms with van der Waals surface area (Å²) in [7, 11) is 5.67. The molecule has 14 nitrogen and oxygen atoms in total. The van der Waals surface area contributed by atoms with Crippen LogP contribution < -0.4 is 32.7 Å². The van der Waals surface area contributed by atoms with Crippen LogP contribution in [0.15, 0.2) is 42.5 Å². The average Bonchev–Trinajstić information content (AvgIpc) is 3.19. The highest BCUT2D eigenvalue weighted by molar-refractivity contribution is 5.78. The molecule has 1 unspecified atom stereocenters. The maximum absolute atomic E-state index is 11.6. The quantitative estimate of drug-likeness (QED) is 0.0901. The van der Waals surface area contributed by atoms with Crippen molar-refractivity contribution in [2.45, 2.75) is 89.9 Å². The van der Waals surface area contributed by atoms with E-state index in [1.807, 2.05) is 42.3 Å². The first-order valence-electron chi connectivity index (χ1n) is 18.9. The summed E-state index contributed by atoms with van der Waals surface area (Å²) < 4.78 is 5.94. The van der Waals surface area contributed by atoms with Gasteiger partial charge in [-0.3, -0.25) is 24.1 Å². The number of primary amides is 2. The van der Waals surface area contributed by atoms with Crippen LogP contribution >= 0.6 is 0 Å². The summed E-state index contributed by atoms with van der Waals surface area (Å²) >= 11 is 0. The zero-order valence-electron chi connectivity index (χ0n) is 33.1. The summed E-state index contributed by atoms with van der Waals surface area (Å²) in [5.74, 6) is 0. The van der Waals surface area contributed by atoms with Gasteiger partial charge in [0.2, 0.25) is 19.2 Å². The lowest BCUT2D eigenvalue weighted by Crippen LogP contribution is -2.44. The third-order valence-corrected chi connectivity index (χ3v) is 9.04. The van der Waals surface area contributed by atoms with Crippen LogP contribution in [0.3, 0.4) is 0 Å². The van der Waals surface area contributed by atoms with Gasteiger partial charge in [-0.25, -0.2) is 0 Å². The Morgan fingerprint density at radius 2 is 1.54 bits per heavy atom. The first-order valence-corrected chi connectivity index (χ1v) is 18.9. The monoisotopic (exact) mass is 757 g/mol. The Kier molecular flexibility index (Phi) is 30.5. The van der Waals surface area contributed by atoms with Crippen molar-refractivity contribution >= 4 is 43.2 Å². The topological polar surface area (TPSA) is 206 Å². The van der Waals surface area contributed by atoms with Gasteiger partial charge in [0.15, 0.2) is 0 Å². The number of aldehydes is 2. The number of likely N-dealkylation sites (N-methyl/N-ethyl adjacent to an activating group) is 2. The number of ether oxygens (including phenoxy) is 1. The van der Waals surface area contributed by atoms with Gasteiger partial charge < -0.3 is 47.2 Å². The predicted molar refractivity (Wildman–Crippen MR) is 218 cm³/mol. The van der Waals surface area contributed by atoms with Gasteiger partial charge in [-0.2, -0.15) is 0 Å². The lowest BCUT2D eigenvalue weighted by atomic mass is 9.95. The van der Waals surface area contributed by atoms with Crippen molar-refractivity contribution in [3.05, 3.63) is 59.2 Å². The lowest BCUT2D eigenvalue weighted by molar-refractivity contribution is -0.112. The maximum atomic E-state index is 11.6. The molecule has 1 aliphatic heterocycles. The summed E-state index contributed by atoms with van der Waals surface area (Å²) in [4.78, 5) is 56.0. The number of benzene rings is 2. The molecule has 304 valence electrons. The summed E-state index contributed by atoms with van der Waals surface area (Å²) in [5.41, 5.74) is 18.8. The van der Waals surface area contributed by atoms with E-state index in [1.54, 1.807) is 7.05 Å². The van der Waals surface area contributed by atoms with Crippen molar-refractivity contribution in [1.82, 2.24) is 20.4 Å². The standard InChI is InChI=1S/C25H40N2O3.C11H17N3.C2H5NO.2CH3NO/c1-3-10-24(19-29)27(2)17-25-21(18-28)11-9-12-22(25)20-30-16-8-7-15-26-23-13-5-4-6-14-23;1-13-6-8-14(9-7-13)11-4-2-10(12)3-5-11;1-3-2-4;2*2-1-3/h9,11-12,18-19,23-24,26H,3-8,10,13-17,20H2,1-2H3;2-5H,6-9,12H2,1H3;2H,1H3,(H,3,4);2*1H,(H2,2,3). The zero-order valence-corrected chi connectivity index (χ0v) is 33.1. The Morgan fingerprint density at radius 1 is 0.926 bits per heavy atom. The number of nitrogens with two attached hydrogens (primary N) is 3. The number of hydrogen-bond acceptors (Lipinski definition) is 11. The minimum absolute atomic E-state index is 0.125. The number of nitrogen functional groups attached to an aromatic ring is 1. The van der Waals surface area contributed by atoms with Gasteiger partial charge in [0.05, 0.1) is 12.6 Å². The number of rotatable bonds is 17. The molecule has 2 aliphatic rings. The van der Waals surface area contributed by atoms with Crippen molar-refractivity contribution in [3.8, 4) is 0 Å². The largest absolute Gasteiger partial charge is 0.399 e. The Morgan fingerprint density at radius 3 is 2.07 bits per heavy atom. The molecule has 1 heterocycles. The number of nitrogens with one attached hydrogen (secondary N) is 2. The molecular formula is C40H68N8O6. The van der Waals surface area contributed by atoms with Gasteiger partial charge in [0, 0.05) is 69.4 Å². The second-order valence-corrected chi connectivity index (χ2v) is 13.1. The molecule has 8 N–H and O–H groups in total. The second kappa shape index (κ2) is 33.2. The molecule has 0 aromatic heterocycles. The van der Waals surface area contributed by atoms with Crippen molar-refractivity contribution in [2.75, 3.05) is 71.1 Å². The van der Waals surface area contributed by atoms with Gasteiger partial charge >= 0.3 is 0 Å². The summed E-state index contributed by atoms with van der Waals surface area (Å²) in [6, 6.07) is 14.5. The molecule has 0 bridgehead atoms. The molecule has 1 aliphatic carbocycles. The van der Waals surface area contributed by atoms with Gasteiger partial charge in [-0.05, 0) is 88.1 Å². The minimum Gasteiger partial charge on any atom is -0.399 e. The Hall–Kier alpha value is -4.37. The first kappa shape index (κ1) is 49.6. The van der Waals surface area contributed by atoms with Crippen molar-refractivity contribution in [1.29, 1.82) is 0 Å². The van der Waals surface area contributed by atoms with Gasteiger partial charge in [0.1, 0.15) is 12.6 Å². The van der Waals surface area contributed by atoms with E-state index in [0.717, 1.165) is 94.4 Å². The molecule has 1 atom stereocenters. The fraction of sp³-hybridized carbons (Fsp3) is 0.575. The van der Waals surface area contributed by atoms with Crippen LogP contribution in [-0.2, 0) is 37.1 Å². The number of hydrogen-bond donors (Lipinski definition) is 5. The Balaban J connectivity index is 0.000000957. The second-order valence-electron chi connectivity index (χ2n) is 13.1. The third kappa shape index (κ3) is 22.6. The van der Waals surface area contributed by atoms with Gasteiger partial charge in [0.25, 0.3) is 0 Å². The normalized spacial score (nSPS) is 14.5. The van der Waals surface area contributed by atoms with Crippen LogP contribution in [0.4, 0.5) is 11.4 Å². The van der Waals surface area contributed by atoms with Crippen molar-refractivity contribution in [2.24, 2.45) is 11.5 Å². The van der Waals surface area contributed by atoms with Crippen LogP contribution in [0.2, 0.25) is 0 Å². The predicted octanol–water partition coefficient (Wildman–Crippen LogP) is 3.10. The molecular weight excluding hydrogens is 688 g/mol. The number of nitrogens with zero attached hydrogens (tertiary/aromatic N) is 3. The number of anilines is 2. The average molecular weight is 757 g/mol. The summed E-state index contributed by atoms with van der Waals surface area (Å²) in [5, 5.41) is 5.92. The van der Waals surface area contributed by atoms with E-state index in [9.17, 15) is 9.59 Å². The Bertz CT molecular complexity index is 1250. The van der Waals surface area contributed by atoms with Crippen LogP contribution in [-0.4, -0.2) is 114 Å². The number of piperazine rings is 1. The van der Waals surface area contributed by atoms with E-state index < -0.39 is 0 Å². The zero-order chi connectivity index (χ0) is 40.4. The molecule has 0 spiro atoms. The molecule has 1 saturated carbocycles. The van der Waals surface area contributed by atoms with E-state index in [4.69, 9.17) is 24.9 Å². The maximum Gasteiger partial charge on any atom is 0.206 e. The first-order chi connectivity index (χ1) is 26.2. The Labute approximate surface area is 323 Å². The number of carbonyl (C=O) groups excluding carboxylic acids is 5. The minimum atomic E-state index is -0.125. The van der Waals surface area contributed by atoms with Crippen molar-refractivity contribution < 1.29 is 28.7 Å². The fourth-order valence-electron chi connectivity index (χ4n) is 6.02. The number of amides is 3. The van der Waals surface area contributed by atoms with Crippen LogP contribution in [0.1, 0.15) is 86.2 Å². The summed E-state index contributed by atoms with van der Waals surface area (Å²) in [6.07, 6.45) is 13.7. The van der Waals surface area contributed by atoms with Gasteiger partial charge in [-0.1, -0.05) is 50.8 Å². The number of carbonyl (C=O) groups is 5. The molecule has 1 saturated heterocycles. The molecule has 2 aromatic carbocycles. The van der Waals surface area contributed by atoms with Gasteiger partial charge in [-0.15, -0.1) is 0 Å². The van der Waals surface area contributed by atoms with Crippen molar-refractivity contribution in [3.63, 3.8) is 0 Å². The van der Waals surface area contributed by atoms with E-state index in [0.29, 0.717) is 31.2 Å². The van der Waals surface area contributed by atoms with Crippen LogP contribution in [0.25, 0.3) is 0 Å².